The number of unbranched alkanes of at least 4 members (excludes halogenated alkanes) is 14. The van der Waals surface area contributed by atoms with Crippen molar-refractivity contribution in [3.8, 4) is 0 Å². The van der Waals surface area contributed by atoms with Crippen LogP contribution in [0.3, 0.4) is 0 Å². The summed E-state index contributed by atoms with van der Waals surface area (Å²) in [6.07, 6.45) is 20.4. The monoisotopic (exact) mass is 376 g/mol. The first kappa shape index (κ1) is 31.1. The Hall–Kier alpha value is 1.43. The van der Waals surface area contributed by atoms with Crippen LogP contribution < -0.4 is 59.1 Å². The van der Waals surface area contributed by atoms with Gasteiger partial charge in [0, 0.05) is 6.42 Å². The van der Waals surface area contributed by atoms with Gasteiger partial charge < -0.3 is 12.7 Å². The molecule has 1 N–H and O–H groups in total. The Labute approximate surface area is 204 Å². The molecule has 0 spiro atoms. The number of esters is 1. The number of ether oxygens (including phenoxy) is 1. The maximum absolute atomic E-state index is 11.2. The van der Waals surface area contributed by atoms with Gasteiger partial charge in [0.15, 0.2) is 0 Å². The van der Waals surface area contributed by atoms with Crippen molar-refractivity contribution in [1.29, 1.82) is 0 Å². The molecule has 0 aromatic carbocycles. The quantitative estimate of drug-likeness (QED) is 0.208. The molecule has 0 aliphatic heterocycles. The van der Waals surface area contributed by atoms with Gasteiger partial charge in [0.1, 0.15) is 6.61 Å². The van der Waals surface area contributed by atoms with Crippen LogP contribution >= 0.6 is 0 Å². The summed E-state index contributed by atoms with van der Waals surface area (Å²) in [6, 6.07) is 0. The molecule has 0 radical (unpaired) electrons. The van der Waals surface area contributed by atoms with E-state index >= 15 is 0 Å². The van der Waals surface area contributed by atoms with Gasteiger partial charge in [0.2, 0.25) is 0 Å². The molecule has 0 bridgehead atoms. The third-order valence-electron chi connectivity index (χ3n) is 4.34. The van der Waals surface area contributed by atoms with Gasteiger partial charge in [0.05, 0.1) is 6.61 Å². The largest absolute Gasteiger partial charge is 1.00 e. The molecule has 0 aromatic rings. The molecule has 0 aliphatic carbocycles. The zero-order chi connectivity index (χ0) is 17.0. The fourth-order valence-electron chi connectivity index (χ4n) is 2.87. The van der Waals surface area contributed by atoms with Crippen molar-refractivity contribution in [1.82, 2.24) is 0 Å². The molecule has 0 saturated heterocycles. The molecule has 25 heavy (non-hydrogen) atoms. The molecule has 5 heteroatoms. The van der Waals surface area contributed by atoms with Crippen molar-refractivity contribution in [3.05, 3.63) is 0 Å². The third-order valence-corrected chi connectivity index (χ3v) is 4.34. The molecule has 0 saturated carbocycles. The maximum atomic E-state index is 11.2. The van der Waals surface area contributed by atoms with E-state index in [4.69, 9.17) is 9.84 Å². The zero-order valence-corrected chi connectivity index (χ0v) is 21.5. The SMILES string of the molecule is CCCCCCCCCCCCCCCCCC(=O)OCCO.[H-].[H-].[Na+].[Na+]. The second-order valence-corrected chi connectivity index (χ2v) is 6.64. The van der Waals surface area contributed by atoms with Gasteiger partial charge in [-0.1, -0.05) is 96.8 Å². The van der Waals surface area contributed by atoms with Crippen molar-refractivity contribution in [2.45, 2.75) is 110 Å². The van der Waals surface area contributed by atoms with E-state index in [0.29, 0.717) is 6.42 Å². The van der Waals surface area contributed by atoms with E-state index < -0.39 is 0 Å². The van der Waals surface area contributed by atoms with Gasteiger partial charge in [-0.2, -0.15) is 0 Å². The fraction of sp³-hybridized carbons (Fsp3) is 0.950. The molecule has 0 atom stereocenters. The number of carbonyl (C=O) groups excluding carboxylic acids is 1. The van der Waals surface area contributed by atoms with E-state index in [2.05, 4.69) is 6.92 Å². The number of hydrogen-bond donors (Lipinski definition) is 1. The van der Waals surface area contributed by atoms with E-state index in [0.717, 1.165) is 12.8 Å². The standard InChI is InChI=1S/C20H40O3.2Na.2H/c1-2-3-4-5-6-7-8-9-10-11-12-13-14-15-16-17-20(22)23-19-18-21;;;;/h21H,2-19H2,1H3;;;;/q;2*+1;2*-1. The normalized spacial score (nSPS) is 10.0. The zero-order valence-electron chi connectivity index (χ0n) is 19.5. The van der Waals surface area contributed by atoms with Gasteiger partial charge >= 0.3 is 65.1 Å². The predicted molar refractivity (Wildman–Crippen MR) is 99.8 cm³/mol. The first-order valence-electron chi connectivity index (χ1n) is 10.1. The van der Waals surface area contributed by atoms with Crippen LogP contribution in [0.25, 0.3) is 0 Å². The number of carbonyl (C=O) groups is 1. The smallest absolute Gasteiger partial charge is 1.00 e. The van der Waals surface area contributed by atoms with Crippen LogP contribution in [0, 0.1) is 0 Å². The molecule has 142 valence electrons. The molecule has 0 rings (SSSR count). The minimum atomic E-state index is -0.172. The van der Waals surface area contributed by atoms with Crippen LogP contribution in [0.4, 0.5) is 0 Å². The molecule has 3 nitrogen and oxygen atoms in total. The van der Waals surface area contributed by atoms with Crippen LogP contribution in [-0.2, 0) is 9.53 Å². The van der Waals surface area contributed by atoms with Crippen LogP contribution in [-0.4, -0.2) is 24.3 Å². The van der Waals surface area contributed by atoms with E-state index in [-0.39, 0.29) is 81.2 Å². The Kier molecular flexibility index (Phi) is 34.4. The number of aliphatic hydroxyl groups excluding tert-OH is 1. The molecule has 0 fully saturated rings. The molecule has 0 aliphatic rings. The third kappa shape index (κ3) is 27.7. The Balaban J connectivity index is -0.000000403. The summed E-state index contributed by atoms with van der Waals surface area (Å²) in [5.74, 6) is -0.172. The maximum Gasteiger partial charge on any atom is 1.00 e. The Morgan fingerprint density at radius 3 is 1.44 bits per heavy atom. The van der Waals surface area contributed by atoms with Crippen LogP contribution in [0.15, 0.2) is 0 Å². The number of hydrogen-bond acceptors (Lipinski definition) is 3. The molecule has 0 unspecified atom stereocenters. The van der Waals surface area contributed by atoms with Gasteiger partial charge in [-0.25, -0.2) is 0 Å². The summed E-state index contributed by atoms with van der Waals surface area (Å²) >= 11 is 0. The van der Waals surface area contributed by atoms with Crippen molar-refractivity contribution in [2.24, 2.45) is 0 Å². The van der Waals surface area contributed by atoms with Crippen LogP contribution in [0.1, 0.15) is 113 Å². The second-order valence-electron chi connectivity index (χ2n) is 6.64. The Morgan fingerprint density at radius 1 is 0.720 bits per heavy atom. The summed E-state index contributed by atoms with van der Waals surface area (Å²) in [5, 5.41) is 8.54. The molecule has 0 aromatic heterocycles. The minimum absolute atomic E-state index is 0. The first-order valence-corrected chi connectivity index (χ1v) is 10.1. The number of aliphatic hydroxyl groups is 1. The topological polar surface area (TPSA) is 46.5 Å². The van der Waals surface area contributed by atoms with E-state index in [9.17, 15) is 4.79 Å². The average Bonchev–Trinajstić information content (AvgIpc) is 2.56. The summed E-state index contributed by atoms with van der Waals surface area (Å²) in [5.41, 5.74) is 0. The van der Waals surface area contributed by atoms with Crippen molar-refractivity contribution in [2.75, 3.05) is 13.2 Å². The molecular weight excluding hydrogens is 334 g/mol. The Morgan fingerprint density at radius 2 is 1.08 bits per heavy atom. The minimum Gasteiger partial charge on any atom is -1.00 e. The van der Waals surface area contributed by atoms with Gasteiger partial charge in [-0.15, -0.1) is 0 Å². The molecular formula is C20H42Na2O3. The summed E-state index contributed by atoms with van der Waals surface area (Å²) in [7, 11) is 0. The molecule has 0 heterocycles. The van der Waals surface area contributed by atoms with E-state index in [1.54, 1.807) is 0 Å². The van der Waals surface area contributed by atoms with Gasteiger partial charge in [-0.05, 0) is 6.42 Å². The van der Waals surface area contributed by atoms with E-state index in [1.807, 2.05) is 0 Å². The first-order chi connectivity index (χ1) is 11.3. The summed E-state index contributed by atoms with van der Waals surface area (Å²) < 4.78 is 4.82. The second kappa shape index (κ2) is 27.6. The van der Waals surface area contributed by atoms with Crippen molar-refractivity contribution < 1.29 is 76.6 Å². The average molecular weight is 377 g/mol. The van der Waals surface area contributed by atoms with E-state index in [1.165, 1.54) is 83.5 Å². The van der Waals surface area contributed by atoms with Crippen LogP contribution in [0.2, 0.25) is 0 Å². The molecule has 0 amide bonds. The van der Waals surface area contributed by atoms with Crippen molar-refractivity contribution >= 4 is 5.97 Å². The van der Waals surface area contributed by atoms with Crippen LogP contribution in [0.5, 0.6) is 0 Å². The van der Waals surface area contributed by atoms with Gasteiger partial charge in [-0.3, -0.25) is 4.79 Å². The summed E-state index contributed by atoms with van der Waals surface area (Å²) in [6.45, 7) is 2.33. The summed E-state index contributed by atoms with van der Waals surface area (Å²) in [4.78, 5) is 11.2. The fourth-order valence-corrected chi connectivity index (χ4v) is 2.87. The predicted octanol–water partition coefficient (Wildman–Crippen LogP) is 0.0164. The van der Waals surface area contributed by atoms with Crippen molar-refractivity contribution in [3.63, 3.8) is 0 Å². The Bertz CT molecular complexity index is 261. The number of rotatable bonds is 18. The van der Waals surface area contributed by atoms with Gasteiger partial charge in [0.25, 0.3) is 0 Å².